The Kier molecular flexibility index (Phi) is 2.94. The third-order valence-electron chi connectivity index (χ3n) is 2.98. The number of carbonyl (C=O) groups is 1. The van der Waals surface area contributed by atoms with Crippen LogP contribution in [-0.2, 0) is 0 Å². The van der Waals surface area contributed by atoms with Gasteiger partial charge in [-0.2, -0.15) is 9.36 Å². The topological polar surface area (TPSA) is 72.3 Å². The smallest absolute Gasteiger partial charge is 0.335 e. The summed E-state index contributed by atoms with van der Waals surface area (Å²) in [6, 6.07) is 4.75. The minimum atomic E-state index is -0.943. The second-order valence-corrected chi connectivity index (χ2v) is 5.29. The zero-order chi connectivity index (χ0) is 13.4. The fourth-order valence-electron chi connectivity index (χ4n) is 1.76. The lowest BCUT2D eigenvalue weighted by Gasteiger charge is -2.05. The maximum Gasteiger partial charge on any atom is 0.335 e. The van der Waals surface area contributed by atoms with Crippen LogP contribution >= 0.6 is 11.5 Å². The lowest BCUT2D eigenvalue weighted by molar-refractivity contribution is 0.0697. The highest BCUT2D eigenvalue weighted by atomic mass is 32.1. The van der Waals surface area contributed by atoms with Crippen LogP contribution in [0.5, 0.6) is 10.9 Å². The molecule has 0 amide bonds. The van der Waals surface area contributed by atoms with Gasteiger partial charge in [0.1, 0.15) is 11.6 Å². The van der Waals surface area contributed by atoms with Crippen molar-refractivity contribution in [3.63, 3.8) is 0 Å². The van der Waals surface area contributed by atoms with Crippen molar-refractivity contribution in [1.82, 2.24) is 9.36 Å². The van der Waals surface area contributed by atoms with E-state index in [1.165, 1.54) is 17.6 Å². The molecule has 1 heterocycles. The maximum absolute atomic E-state index is 10.8. The van der Waals surface area contributed by atoms with E-state index in [0.29, 0.717) is 16.9 Å². The summed E-state index contributed by atoms with van der Waals surface area (Å²) in [5, 5.41) is 9.41. The van der Waals surface area contributed by atoms with Gasteiger partial charge < -0.3 is 9.84 Å². The van der Waals surface area contributed by atoms with Crippen molar-refractivity contribution >= 4 is 17.5 Å². The predicted octanol–water partition coefficient (Wildman–Crippen LogP) is 3.21. The molecule has 1 aromatic heterocycles. The molecule has 0 atom stereocenters. The van der Waals surface area contributed by atoms with E-state index in [-0.39, 0.29) is 5.56 Å². The number of benzene rings is 1. The van der Waals surface area contributed by atoms with E-state index in [9.17, 15) is 4.79 Å². The average Bonchev–Trinajstić information content (AvgIpc) is 3.12. The summed E-state index contributed by atoms with van der Waals surface area (Å²) in [5.74, 6) is 1.04. The molecule has 0 bridgehead atoms. The van der Waals surface area contributed by atoms with E-state index in [1.807, 2.05) is 6.92 Å². The number of nitrogens with zero attached hydrogens (tertiary/aromatic N) is 2. The number of ether oxygens (including phenoxy) is 1. The zero-order valence-corrected chi connectivity index (χ0v) is 11.1. The number of carboxylic acid groups (broad SMARTS) is 1. The van der Waals surface area contributed by atoms with Crippen molar-refractivity contribution < 1.29 is 14.6 Å². The van der Waals surface area contributed by atoms with Crippen molar-refractivity contribution in [3.05, 3.63) is 35.2 Å². The molecule has 19 heavy (non-hydrogen) atoms. The van der Waals surface area contributed by atoms with Gasteiger partial charge in [-0.1, -0.05) is 0 Å². The molecule has 98 valence electrons. The summed E-state index contributed by atoms with van der Waals surface area (Å²) in [7, 11) is 0. The Balaban J connectivity index is 1.79. The summed E-state index contributed by atoms with van der Waals surface area (Å²) in [5.41, 5.74) is 1.02. The molecule has 6 heteroatoms. The molecule has 0 spiro atoms. The quantitative estimate of drug-likeness (QED) is 0.928. The summed E-state index contributed by atoms with van der Waals surface area (Å²) in [6.45, 7) is 1.81. The van der Waals surface area contributed by atoms with E-state index >= 15 is 0 Å². The summed E-state index contributed by atoms with van der Waals surface area (Å²) < 4.78 is 9.92. The van der Waals surface area contributed by atoms with Gasteiger partial charge in [0, 0.05) is 17.5 Å². The van der Waals surface area contributed by atoms with Crippen molar-refractivity contribution in [2.75, 3.05) is 0 Å². The molecule has 3 rings (SSSR count). The van der Waals surface area contributed by atoms with Crippen molar-refractivity contribution in [3.8, 4) is 10.9 Å². The molecule has 1 aromatic carbocycles. The molecule has 1 aliphatic carbocycles. The van der Waals surface area contributed by atoms with Crippen LogP contribution in [0.3, 0.4) is 0 Å². The highest BCUT2D eigenvalue weighted by Gasteiger charge is 2.28. The van der Waals surface area contributed by atoms with E-state index in [4.69, 9.17) is 9.84 Å². The van der Waals surface area contributed by atoms with Crippen LogP contribution < -0.4 is 4.74 Å². The van der Waals surface area contributed by atoms with Gasteiger partial charge in [0.05, 0.1) is 5.56 Å². The number of carboxylic acids is 1. The molecule has 0 aliphatic heterocycles. The minimum Gasteiger partial charge on any atom is -0.478 e. The van der Waals surface area contributed by atoms with Crippen molar-refractivity contribution in [1.29, 1.82) is 0 Å². The minimum absolute atomic E-state index is 0.251. The molecular formula is C13H12N2O3S. The maximum atomic E-state index is 10.8. The van der Waals surface area contributed by atoms with Gasteiger partial charge in [-0.25, -0.2) is 4.79 Å². The van der Waals surface area contributed by atoms with Gasteiger partial charge in [-0.05, 0) is 43.5 Å². The Hall–Kier alpha value is -1.95. The number of hydrogen-bond donors (Lipinski definition) is 1. The van der Waals surface area contributed by atoms with Crippen LogP contribution in [0.2, 0.25) is 0 Å². The van der Waals surface area contributed by atoms with Crippen LogP contribution in [-0.4, -0.2) is 20.4 Å². The standard InChI is InChI=1S/C13H12N2O3S/c1-7-6-9(12(16)17)4-5-10(7)18-13-14-11(15-19-13)8-2-3-8/h4-6,8H,2-3H2,1H3,(H,16,17). The first-order valence-corrected chi connectivity index (χ1v) is 6.76. The van der Waals surface area contributed by atoms with Crippen LogP contribution in [0.1, 0.15) is 40.5 Å². The van der Waals surface area contributed by atoms with Crippen molar-refractivity contribution in [2.45, 2.75) is 25.7 Å². The second-order valence-electron chi connectivity index (χ2n) is 4.58. The monoisotopic (exact) mass is 276 g/mol. The van der Waals surface area contributed by atoms with Gasteiger partial charge in [-0.15, -0.1) is 0 Å². The van der Waals surface area contributed by atoms with E-state index in [2.05, 4.69) is 9.36 Å². The normalized spacial score (nSPS) is 14.4. The third kappa shape index (κ3) is 2.58. The van der Waals surface area contributed by atoms with Gasteiger partial charge in [0.2, 0.25) is 0 Å². The van der Waals surface area contributed by atoms with Crippen molar-refractivity contribution in [2.24, 2.45) is 0 Å². The van der Waals surface area contributed by atoms with Crippen LogP contribution in [0, 0.1) is 6.92 Å². The van der Waals surface area contributed by atoms with Crippen LogP contribution in [0.4, 0.5) is 0 Å². The Morgan fingerprint density at radius 2 is 2.26 bits per heavy atom. The molecular weight excluding hydrogens is 264 g/mol. The molecule has 1 fully saturated rings. The number of aromatic carboxylic acids is 1. The molecule has 2 aromatic rings. The molecule has 0 unspecified atom stereocenters. The molecule has 1 aliphatic rings. The average molecular weight is 276 g/mol. The summed E-state index contributed by atoms with van der Waals surface area (Å²) in [6.07, 6.45) is 2.31. The first kappa shape index (κ1) is 12.1. The Morgan fingerprint density at radius 1 is 1.47 bits per heavy atom. The fourth-order valence-corrected chi connectivity index (χ4v) is 2.38. The number of aryl methyl sites for hydroxylation is 1. The predicted molar refractivity (Wildman–Crippen MR) is 70.1 cm³/mol. The highest BCUT2D eigenvalue weighted by molar-refractivity contribution is 7.07. The number of aromatic nitrogens is 2. The van der Waals surface area contributed by atoms with Gasteiger partial charge in [0.15, 0.2) is 0 Å². The molecule has 1 saturated carbocycles. The van der Waals surface area contributed by atoms with E-state index < -0.39 is 5.97 Å². The van der Waals surface area contributed by atoms with Crippen LogP contribution in [0.25, 0.3) is 0 Å². The lowest BCUT2D eigenvalue weighted by atomic mass is 10.1. The third-order valence-corrected chi connectivity index (χ3v) is 3.59. The Bertz CT molecular complexity index is 635. The molecule has 5 nitrogen and oxygen atoms in total. The first-order valence-electron chi connectivity index (χ1n) is 5.99. The first-order chi connectivity index (χ1) is 9.13. The SMILES string of the molecule is Cc1cc(C(=O)O)ccc1Oc1nc(C2CC2)ns1. The lowest BCUT2D eigenvalue weighted by Crippen LogP contribution is -1.97. The zero-order valence-electron chi connectivity index (χ0n) is 10.3. The number of rotatable bonds is 4. The van der Waals surface area contributed by atoms with E-state index in [1.54, 1.807) is 12.1 Å². The Morgan fingerprint density at radius 3 is 2.89 bits per heavy atom. The van der Waals surface area contributed by atoms with Gasteiger partial charge in [0.25, 0.3) is 5.19 Å². The molecule has 1 N–H and O–H groups in total. The second kappa shape index (κ2) is 4.62. The van der Waals surface area contributed by atoms with E-state index in [0.717, 1.165) is 24.2 Å². The molecule has 0 saturated heterocycles. The van der Waals surface area contributed by atoms with Crippen LogP contribution in [0.15, 0.2) is 18.2 Å². The van der Waals surface area contributed by atoms with Gasteiger partial charge in [-0.3, -0.25) is 0 Å². The van der Waals surface area contributed by atoms with Gasteiger partial charge >= 0.3 is 5.97 Å². The summed E-state index contributed by atoms with van der Waals surface area (Å²) >= 11 is 1.23. The fraction of sp³-hybridized carbons (Fsp3) is 0.308. The number of hydrogen-bond acceptors (Lipinski definition) is 5. The highest BCUT2D eigenvalue weighted by Crippen LogP contribution is 2.40. The summed E-state index contributed by atoms with van der Waals surface area (Å²) in [4.78, 5) is 15.2. The molecule has 0 radical (unpaired) electrons. The largest absolute Gasteiger partial charge is 0.478 e. The Labute approximate surface area is 114 Å².